The highest BCUT2D eigenvalue weighted by Crippen LogP contribution is 2.32. The molecule has 0 bridgehead atoms. The third-order valence-corrected chi connectivity index (χ3v) is 4.96. The predicted molar refractivity (Wildman–Crippen MR) is 100 cm³/mol. The van der Waals surface area contributed by atoms with Gasteiger partial charge in [-0.2, -0.15) is 15.0 Å². The van der Waals surface area contributed by atoms with Crippen LogP contribution in [-0.4, -0.2) is 76.9 Å². The molecule has 3 rings (SSSR count). The van der Waals surface area contributed by atoms with Gasteiger partial charge in [-0.1, -0.05) is 0 Å². The minimum absolute atomic E-state index is 0.0503. The summed E-state index contributed by atoms with van der Waals surface area (Å²) in [5.41, 5.74) is 0. The largest absolute Gasteiger partial charge is 0.395 e. The van der Waals surface area contributed by atoms with Gasteiger partial charge < -0.3 is 25.5 Å². The second-order valence-corrected chi connectivity index (χ2v) is 7.45. The van der Waals surface area contributed by atoms with Gasteiger partial charge >= 0.3 is 0 Å². The highest BCUT2D eigenvalue weighted by atomic mass is 16.3. The van der Waals surface area contributed by atoms with Crippen LogP contribution in [0.3, 0.4) is 0 Å². The van der Waals surface area contributed by atoms with Gasteiger partial charge in [-0.3, -0.25) is 0 Å². The van der Waals surface area contributed by atoms with Crippen molar-refractivity contribution in [2.24, 2.45) is 5.92 Å². The van der Waals surface area contributed by atoms with E-state index in [4.69, 9.17) is 10.1 Å². The fourth-order valence-electron chi connectivity index (χ4n) is 3.90. The van der Waals surface area contributed by atoms with Crippen molar-refractivity contribution in [2.45, 2.75) is 45.2 Å². The molecular formula is C17H31N7O. The summed E-state index contributed by atoms with van der Waals surface area (Å²) < 4.78 is 0. The van der Waals surface area contributed by atoms with Crippen LogP contribution in [0.1, 0.15) is 33.1 Å². The Labute approximate surface area is 150 Å². The van der Waals surface area contributed by atoms with E-state index in [0.29, 0.717) is 30.4 Å². The van der Waals surface area contributed by atoms with Crippen LogP contribution in [0.25, 0.3) is 0 Å². The molecule has 2 atom stereocenters. The molecule has 3 N–H and O–H groups in total. The Balaban J connectivity index is 1.85. The third-order valence-electron chi connectivity index (χ3n) is 4.96. The average Bonchev–Trinajstić information content (AvgIpc) is 2.58. The number of fused-ring (bicyclic) bond motifs is 1. The standard InChI is InChI=1S/C17H31N7O/c1-12(2)19-16-20-15(18-7-10-25)21-17(22-16)24-8-4-5-13-11-23(3)9-6-14(13)24/h12-14,25H,4-11H2,1-3H3,(H2,18,19,20,21,22). The molecule has 8 nitrogen and oxygen atoms in total. The summed E-state index contributed by atoms with van der Waals surface area (Å²) in [6.45, 7) is 7.89. The number of likely N-dealkylation sites (tertiary alicyclic amines) is 1. The van der Waals surface area contributed by atoms with E-state index in [0.717, 1.165) is 32.0 Å². The lowest BCUT2D eigenvalue weighted by Gasteiger charge is -2.46. The molecule has 3 heterocycles. The normalized spacial score (nSPS) is 24.3. The van der Waals surface area contributed by atoms with E-state index in [1.54, 1.807) is 0 Å². The molecule has 140 valence electrons. The highest BCUT2D eigenvalue weighted by molar-refractivity contribution is 5.45. The number of hydrogen-bond donors (Lipinski definition) is 3. The lowest BCUT2D eigenvalue weighted by Crippen LogP contribution is -2.54. The summed E-state index contributed by atoms with van der Waals surface area (Å²) in [6.07, 6.45) is 3.61. The Bertz CT molecular complexity index is 568. The molecule has 0 spiro atoms. The van der Waals surface area contributed by atoms with E-state index in [1.807, 2.05) is 0 Å². The van der Waals surface area contributed by atoms with E-state index < -0.39 is 0 Å². The van der Waals surface area contributed by atoms with E-state index in [1.165, 1.54) is 12.8 Å². The molecule has 2 saturated heterocycles. The van der Waals surface area contributed by atoms with Crippen molar-refractivity contribution >= 4 is 17.8 Å². The Kier molecular flexibility index (Phi) is 5.90. The smallest absolute Gasteiger partial charge is 0.232 e. The molecule has 2 fully saturated rings. The monoisotopic (exact) mass is 349 g/mol. The lowest BCUT2D eigenvalue weighted by molar-refractivity contribution is 0.153. The van der Waals surface area contributed by atoms with Gasteiger partial charge in [-0.15, -0.1) is 0 Å². The van der Waals surface area contributed by atoms with Gasteiger partial charge in [0.2, 0.25) is 17.8 Å². The average molecular weight is 349 g/mol. The maximum atomic E-state index is 9.08. The van der Waals surface area contributed by atoms with Crippen LogP contribution in [0.5, 0.6) is 0 Å². The summed E-state index contributed by atoms with van der Waals surface area (Å²) in [5.74, 6) is 2.55. The van der Waals surface area contributed by atoms with E-state index >= 15 is 0 Å². The minimum Gasteiger partial charge on any atom is -0.395 e. The Morgan fingerprint density at radius 1 is 1.16 bits per heavy atom. The van der Waals surface area contributed by atoms with Crippen LogP contribution >= 0.6 is 0 Å². The van der Waals surface area contributed by atoms with Gasteiger partial charge in [-0.25, -0.2) is 0 Å². The topological polar surface area (TPSA) is 89.4 Å². The third kappa shape index (κ3) is 4.49. The van der Waals surface area contributed by atoms with Gasteiger partial charge in [-0.05, 0) is 52.6 Å². The molecule has 1 aromatic heterocycles. The summed E-state index contributed by atoms with van der Waals surface area (Å²) in [7, 11) is 2.21. The van der Waals surface area contributed by atoms with Crippen LogP contribution in [0.15, 0.2) is 0 Å². The number of nitrogens with zero attached hydrogens (tertiary/aromatic N) is 5. The quantitative estimate of drug-likeness (QED) is 0.701. The zero-order valence-corrected chi connectivity index (χ0v) is 15.6. The van der Waals surface area contributed by atoms with Crippen LogP contribution < -0.4 is 15.5 Å². The summed E-state index contributed by atoms with van der Waals surface area (Å²) in [5, 5.41) is 15.4. The zero-order valence-electron chi connectivity index (χ0n) is 15.6. The number of aromatic nitrogens is 3. The van der Waals surface area contributed by atoms with Gasteiger partial charge in [0.05, 0.1) is 6.61 Å². The molecule has 0 aliphatic carbocycles. The van der Waals surface area contributed by atoms with E-state index in [2.05, 4.69) is 51.3 Å². The van der Waals surface area contributed by atoms with Crippen LogP contribution in [0.4, 0.5) is 17.8 Å². The van der Waals surface area contributed by atoms with Gasteiger partial charge in [0.1, 0.15) is 0 Å². The molecule has 0 radical (unpaired) electrons. The van der Waals surface area contributed by atoms with Crippen molar-refractivity contribution in [3.8, 4) is 0 Å². The van der Waals surface area contributed by atoms with Crippen molar-refractivity contribution < 1.29 is 5.11 Å². The first-order valence-corrected chi connectivity index (χ1v) is 9.39. The first-order chi connectivity index (χ1) is 12.1. The van der Waals surface area contributed by atoms with Crippen molar-refractivity contribution in [1.29, 1.82) is 0 Å². The molecule has 0 amide bonds. The second kappa shape index (κ2) is 8.14. The zero-order chi connectivity index (χ0) is 17.8. The number of rotatable bonds is 6. The van der Waals surface area contributed by atoms with Crippen molar-refractivity contribution in [3.63, 3.8) is 0 Å². The Morgan fingerprint density at radius 3 is 2.72 bits per heavy atom. The van der Waals surface area contributed by atoms with Crippen molar-refractivity contribution in [2.75, 3.05) is 55.4 Å². The van der Waals surface area contributed by atoms with Crippen LogP contribution in [-0.2, 0) is 0 Å². The number of aliphatic hydroxyl groups is 1. The maximum absolute atomic E-state index is 9.08. The van der Waals surface area contributed by atoms with E-state index in [-0.39, 0.29) is 12.6 Å². The molecule has 2 aliphatic rings. The van der Waals surface area contributed by atoms with Gasteiger partial charge in [0.15, 0.2) is 0 Å². The number of piperidine rings is 2. The minimum atomic E-state index is 0.0503. The highest BCUT2D eigenvalue weighted by Gasteiger charge is 2.36. The molecule has 2 aliphatic heterocycles. The summed E-state index contributed by atoms with van der Waals surface area (Å²) in [6, 6.07) is 0.753. The number of aliphatic hydroxyl groups excluding tert-OH is 1. The van der Waals surface area contributed by atoms with Crippen molar-refractivity contribution in [3.05, 3.63) is 0 Å². The second-order valence-electron chi connectivity index (χ2n) is 7.45. The fourth-order valence-corrected chi connectivity index (χ4v) is 3.90. The summed E-state index contributed by atoms with van der Waals surface area (Å²) in [4.78, 5) is 18.6. The number of nitrogens with one attached hydrogen (secondary N) is 2. The van der Waals surface area contributed by atoms with Crippen LogP contribution in [0, 0.1) is 5.92 Å². The first kappa shape index (κ1) is 18.1. The Hall–Kier alpha value is -1.67. The van der Waals surface area contributed by atoms with E-state index in [9.17, 15) is 0 Å². The summed E-state index contributed by atoms with van der Waals surface area (Å²) >= 11 is 0. The molecule has 0 aromatic carbocycles. The SMILES string of the molecule is CC(C)Nc1nc(NCCO)nc(N2CCCC3CN(C)CCC32)n1. The lowest BCUT2D eigenvalue weighted by atomic mass is 9.84. The fraction of sp³-hybridized carbons (Fsp3) is 0.824. The first-order valence-electron chi connectivity index (χ1n) is 9.39. The Morgan fingerprint density at radius 2 is 1.96 bits per heavy atom. The number of anilines is 3. The predicted octanol–water partition coefficient (Wildman–Crippen LogP) is 1.02. The van der Waals surface area contributed by atoms with Gasteiger partial charge in [0.25, 0.3) is 0 Å². The van der Waals surface area contributed by atoms with Gasteiger partial charge in [0, 0.05) is 31.7 Å². The molecular weight excluding hydrogens is 318 g/mol. The van der Waals surface area contributed by atoms with Crippen molar-refractivity contribution in [1.82, 2.24) is 19.9 Å². The molecule has 1 aromatic rings. The molecule has 0 saturated carbocycles. The molecule has 25 heavy (non-hydrogen) atoms. The molecule has 2 unspecified atom stereocenters. The molecule has 8 heteroatoms. The maximum Gasteiger partial charge on any atom is 0.232 e. The number of hydrogen-bond acceptors (Lipinski definition) is 8. The van der Waals surface area contributed by atoms with Crippen LogP contribution in [0.2, 0.25) is 0 Å².